The summed E-state index contributed by atoms with van der Waals surface area (Å²) < 4.78 is 0. The highest BCUT2D eigenvalue weighted by molar-refractivity contribution is 5.85. The van der Waals surface area contributed by atoms with E-state index in [9.17, 15) is 19.8 Å². The fourth-order valence-electron chi connectivity index (χ4n) is 2.47. The molecule has 0 aliphatic carbocycles. The van der Waals surface area contributed by atoms with Crippen LogP contribution in [0.1, 0.15) is 12.0 Å². The molecule has 7 nitrogen and oxygen atoms in total. The molecule has 9 heteroatoms. The lowest BCUT2D eigenvalue weighted by atomic mass is 9.98. The summed E-state index contributed by atoms with van der Waals surface area (Å²) in [7, 11) is 0. The summed E-state index contributed by atoms with van der Waals surface area (Å²) >= 11 is 0. The first-order valence-electron chi connectivity index (χ1n) is 6.09. The molecule has 2 rings (SSSR count). The van der Waals surface area contributed by atoms with E-state index in [0.29, 0.717) is 5.56 Å². The maximum absolute atomic E-state index is 11.2. The van der Waals surface area contributed by atoms with Crippen molar-refractivity contribution in [3.63, 3.8) is 0 Å². The van der Waals surface area contributed by atoms with Gasteiger partial charge in [-0.15, -0.1) is 24.8 Å². The van der Waals surface area contributed by atoms with Crippen molar-refractivity contribution >= 4 is 36.8 Å². The van der Waals surface area contributed by atoms with Crippen molar-refractivity contribution in [2.75, 3.05) is 6.54 Å². The first-order chi connectivity index (χ1) is 9.32. The lowest BCUT2D eigenvalue weighted by molar-refractivity contribution is -0.142. The molecule has 0 spiro atoms. The van der Waals surface area contributed by atoms with Crippen molar-refractivity contribution in [3.05, 3.63) is 29.8 Å². The number of benzene rings is 1. The lowest BCUT2D eigenvalue weighted by Gasteiger charge is -2.21. The Kier molecular flexibility index (Phi) is 7.11. The van der Waals surface area contributed by atoms with Gasteiger partial charge in [0.2, 0.25) is 0 Å². The molecule has 1 saturated heterocycles. The minimum absolute atomic E-state index is 0. The maximum atomic E-state index is 11.2. The molecule has 22 heavy (non-hydrogen) atoms. The van der Waals surface area contributed by atoms with Gasteiger partial charge in [-0.3, -0.25) is 14.5 Å². The van der Waals surface area contributed by atoms with Crippen LogP contribution in [0.15, 0.2) is 24.3 Å². The molecule has 0 amide bonds. The number of carbonyl (C=O) groups is 2. The smallest absolute Gasteiger partial charge is 0.325 e. The standard InChI is InChI=1S/C13H16N2O5.2ClH/c14-13(12(19)20)5-10(11(17)18)15(7-13)6-8-2-1-3-9(16)4-8;;/h1-4,10,16H,5-7,14H2,(H,17,18)(H,19,20);2*1H/t10-,13-;;/m1../s1. The van der Waals surface area contributed by atoms with E-state index in [2.05, 4.69) is 0 Å². The number of likely N-dealkylation sites (tertiary alicyclic amines) is 1. The van der Waals surface area contributed by atoms with Crippen molar-refractivity contribution in [2.45, 2.75) is 24.5 Å². The molecule has 0 aromatic heterocycles. The van der Waals surface area contributed by atoms with E-state index in [0.717, 1.165) is 0 Å². The third-order valence-corrected chi connectivity index (χ3v) is 3.49. The number of phenolic OH excluding ortho intramolecular Hbond substituents is 1. The van der Waals surface area contributed by atoms with Crippen LogP contribution in [0.25, 0.3) is 0 Å². The molecule has 0 unspecified atom stereocenters. The summed E-state index contributed by atoms with van der Waals surface area (Å²) in [5, 5.41) is 27.7. The van der Waals surface area contributed by atoms with Crippen LogP contribution in [0.5, 0.6) is 5.75 Å². The summed E-state index contributed by atoms with van der Waals surface area (Å²) in [5.41, 5.74) is 4.89. The highest BCUT2D eigenvalue weighted by Gasteiger charge is 2.49. The molecule has 1 heterocycles. The molecule has 1 aliphatic rings. The Bertz CT molecular complexity index is 557. The topological polar surface area (TPSA) is 124 Å². The van der Waals surface area contributed by atoms with Crippen molar-refractivity contribution in [1.29, 1.82) is 0 Å². The van der Waals surface area contributed by atoms with E-state index in [1.54, 1.807) is 12.1 Å². The van der Waals surface area contributed by atoms with Crippen LogP contribution < -0.4 is 5.73 Å². The average molecular weight is 353 g/mol. The molecule has 5 N–H and O–H groups in total. The number of nitrogens with two attached hydrogens (primary N) is 1. The summed E-state index contributed by atoms with van der Waals surface area (Å²) in [5.74, 6) is -2.23. The van der Waals surface area contributed by atoms with Crippen LogP contribution in [0, 0.1) is 0 Å². The number of carboxylic acid groups (broad SMARTS) is 2. The van der Waals surface area contributed by atoms with Crippen LogP contribution in [0.2, 0.25) is 0 Å². The maximum Gasteiger partial charge on any atom is 0.325 e. The molecule has 0 radical (unpaired) electrons. The fourth-order valence-corrected chi connectivity index (χ4v) is 2.47. The zero-order valence-corrected chi connectivity index (χ0v) is 13.1. The zero-order chi connectivity index (χ0) is 14.9. The number of nitrogens with zero attached hydrogens (tertiary/aromatic N) is 1. The number of aliphatic carboxylic acids is 2. The van der Waals surface area contributed by atoms with Gasteiger partial charge in [-0.2, -0.15) is 0 Å². The van der Waals surface area contributed by atoms with Gasteiger partial charge in [0, 0.05) is 19.5 Å². The van der Waals surface area contributed by atoms with Crippen molar-refractivity contribution < 1.29 is 24.9 Å². The first kappa shape index (κ1) is 20.5. The van der Waals surface area contributed by atoms with E-state index in [-0.39, 0.29) is 50.1 Å². The van der Waals surface area contributed by atoms with Crippen LogP contribution in [0.3, 0.4) is 0 Å². The van der Waals surface area contributed by atoms with Gasteiger partial charge in [0.05, 0.1) is 0 Å². The second-order valence-electron chi connectivity index (χ2n) is 5.09. The molecule has 124 valence electrons. The van der Waals surface area contributed by atoms with Gasteiger partial charge in [-0.05, 0) is 17.7 Å². The number of hydrogen-bond donors (Lipinski definition) is 4. The lowest BCUT2D eigenvalue weighted by Crippen LogP contribution is -2.50. The van der Waals surface area contributed by atoms with E-state index in [4.69, 9.17) is 10.8 Å². The van der Waals surface area contributed by atoms with Gasteiger partial charge >= 0.3 is 11.9 Å². The minimum atomic E-state index is -1.56. The fraction of sp³-hybridized carbons (Fsp3) is 0.385. The second-order valence-corrected chi connectivity index (χ2v) is 5.09. The Morgan fingerprint density at radius 1 is 1.32 bits per heavy atom. The number of halogens is 2. The molecular formula is C13H18Cl2N2O5. The molecule has 1 aliphatic heterocycles. The number of carboxylic acids is 2. The SMILES string of the molecule is Cl.Cl.N[C@]1(C(=O)O)C[C@H](C(=O)O)N(Cc2cccc(O)c2)C1. The molecule has 2 atom stereocenters. The molecular weight excluding hydrogens is 335 g/mol. The monoisotopic (exact) mass is 352 g/mol. The Hall–Kier alpha value is -1.54. The van der Waals surface area contributed by atoms with Crippen molar-refractivity contribution in [2.24, 2.45) is 5.73 Å². The molecule has 1 fully saturated rings. The molecule has 0 bridgehead atoms. The van der Waals surface area contributed by atoms with Gasteiger partial charge in [0.15, 0.2) is 0 Å². The third-order valence-electron chi connectivity index (χ3n) is 3.49. The van der Waals surface area contributed by atoms with Crippen LogP contribution in [0.4, 0.5) is 0 Å². The normalized spacial score (nSPS) is 24.1. The third kappa shape index (κ3) is 4.23. The molecule has 0 saturated carbocycles. The predicted octanol–water partition coefficient (Wildman–Crippen LogP) is 0.677. The summed E-state index contributed by atoms with van der Waals surface area (Å²) in [6.07, 6.45) is -0.142. The Labute approximate surface area is 139 Å². The highest BCUT2D eigenvalue weighted by atomic mass is 35.5. The van der Waals surface area contributed by atoms with Crippen molar-refractivity contribution in [3.8, 4) is 5.75 Å². The average Bonchev–Trinajstić information content (AvgIpc) is 2.68. The van der Waals surface area contributed by atoms with Crippen LogP contribution >= 0.6 is 24.8 Å². The second kappa shape index (κ2) is 7.64. The first-order valence-corrected chi connectivity index (χ1v) is 6.09. The molecule has 1 aromatic carbocycles. The largest absolute Gasteiger partial charge is 0.508 e. The zero-order valence-electron chi connectivity index (χ0n) is 11.5. The minimum Gasteiger partial charge on any atom is -0.508 e. The van der Waals surface area contributed by atoms with E-state index in [1.807, 2.05) is 0 Å². The number of rotatable bonds is 4. The summed E-state index contributed by atoms with van der Waals surface area (Å²) in [6, 6.07) is 5.45. The van der Waals surface area contributed by atoms with Crippen LogP contribution in [-0.2, 0) is 16.1 Å². The predicted molar refractivity (Wildman–Crippen MR) is 83.6 cm³/mol. The van der Waals surface area contributed by atoms with Gasteiger partial charge in [-0.1, -0.05) is 12.1 Å². The number of hydrogen-bond acceptors (Lipinski definition) is 5. The summed E-state index contributed by atoms with van der Waals surface area (Å²) in [6.45, 7) is 0.173. The Morgan fingerprint density at radius 2 is 1.95 bits per heavy atom. The summed E-state index contributed by atoms with van der Waals surface area (Å²) in [4.78, 5) is 23.9. The van der Waals surface area contributed by atoms with E-state index in [1.165, 1.54) is 17.0 Å². The Balaban J connectivity index is 0.00000220. The van der Waals surface area contributed by atoms with Gasteiger partial charge in [0.1, 0.15) is 17.3 Å². The van der Waals surface area contributed by atoms with Gasteiger partial charge in [-0.25, -0.2) is 0 Å². The quantitative estimate of drug-likeness (QED) is 0.627. The number of phenols is 1. The Morgan fingerprint density at radius 3 is 2.45 bits per heavy atom. The number of aromatic hydroxyl groups is 1. The van der Waals surface area contributed by atoms with Crippen LogP contribution in [-0.4, -0.2) is 50.3 Å². The van der Waals surface area contributed by atoms with Gasteiger partial charge in [0.25, 0.3) is 0 Å². The molecule has 1 aromatic rings. The van der Waals surface area contributed by atoms with E-state index < -0.39 is 23.5 Å². The highest BCUT2D eigenvalue weighted by Crippen LogP contribution is 2.28. The van der Waals surface area contributed by atoms with Gasteiger partial charge < -0.3 is 21.1 Å². The van der Waals surface area contributed by atoms with E-state index >= 15 is 0 Å². The van der Waals surface area contributed by atoms with Crippen molar-refractivity contribution in [1.82, 2.24) is 4.90 Å².